The molecule has 1 aromatic rings. The van der Waals surface area contributed by atoms with Gasteiger partial charge in [-0.25, -0.2) is 0 Å². The molecule has 1 aliphatic rings. The maximum atomic E-state index is 12.2. The fraction of sp³-hybridized carbons (Fsp3) is 0.467. The highest BCUT2D eigenvalue weighted by Gasteiger charge is 2.23. The second-order valence-corrected chi connectivity index (χ2v) is 5.26. The third-order valence-electron chi connectivity index (χ3n) is 3.60. The Hall–Kier alpha value is -2.04. The van der Waals surface area contributed by atoms with E-state index in [2.05, 4.69) is 5.32 Å². The fourth-order valence-corrected chi connectivity index (χ4v) is 2.47. The lowest BCUT2D eigenvalue weighted by atomic mass is 10.1. The number of ketones is 1. The largest absolute Gasteiger partial charge is 0.398 e. The molecule has 0 aliphatic carbocycles. The number of hydrogen-bond acceptors (Lipinski definition) is 4. The zero-order valence-corrected chi connectivity index (χ0v) is 12.0. The first kappa shape index (κ1) is 14.4. The number of nitrogens with two attached hydrogens (primary N) is 1. The zero-order chi connectivity index (χ0) is 14.7. The second kappa shape index (κ2) is 5.94. The smallest absolute Gasteiger partial charge is 0.244 e. The van der Waals surface area contributed by atoms with Crippen LogP contribution in [0.2, 0.25) is 0 Å². The van der Waals surface area contributed by atoms with Gasteiger partial charge in [0.2, 0.25) is 5.91 Å². The Kier molecular flexibility index (Phi) is 4.27. The van der Waals surface area contributed by atoms with Gasteiger partial charge in [-0.05, 0) is 44.9 Å². The summed E-state index contributed by atoms with van der Waals surface area (Å²) in [6, 6.07) is 4.86. The van der Waals surface area contributed by atoms with E-state index in [1.807, 2.05) is 11.8 Å². The van der Waals surface area contributed by atoms with E-state index in [1.165, 1.54) is 6.92 Å². The van der Waals surface area contributed by atoms with Crippen LogP contribution in [-0.2, 0) is 4.79 Å². The highest BCUT2D eigenvalue weighted by Crippen LogP contribution is 2.20. The van der Waals surface area contributed by atoms with Gasteiger partial charge >= 0.3 is 0 Å². The average Bonchev–Trinajstić information content (AvgIpc) is 2.93. The third kappa shape index (κ3) is 3.10. The number of carbonyl (C=O) groups is 2. The minimum absolute atomic E-state index is 0.0790. The lowest BCUT2D eigenvalue weighted by Crippen LogP contribution is -2.39. The molecule has 1 aliphatic heterocycles. The molecule has 1 unspecified atom stereocenters. The number of nitrogens with zero attached hydrogens (tertiary/aromatic N) is 1. The van der Waals surface area contributed by atoms with Crippen LogP contribution < -0.4 is 11.1 Å². The molecule has 1 aromatic carbocycles. The number of nitrogens with one attached hydrogen (secondary N) is 1. The van der Waals surface area contributed by atoms with Gasteiger partial charge in [0.25, 0.3) is 0 Å². The predicted molar refractivity (Wildman–Crippen MR) is 79.8 cm³/mol. The average molecular weight is 275 g/mol. The fourth-order valence-electron chi connectivity index (χ4n) is 2.47. The summed E-state index contributed by atoms with van der Waals surface area (Å²) in [5.41, 5.74) is 7.44. The highest BCUT2D eigenvalue weighted by atomic mass is 16.2. The first-order chi connectivity index (χ1) is 9.49. The molecule has 5 heteroatoms. The second-order valence-electron chi connectivity index (χ2n) is 5.26. The maximum Gasteiger partial charge on any atom is 0.244 e. The summed E-state index contributed by atoms with van der Waals surface area (Å²) < 4.78 is 0. The summed E-state index contributed by atoms with van der Waals surface area (Å²) in [7, 11) is 0. The molecule has 108 valence electrons. The lowest BCUT2D eigenvalue weighted by molar-refractivity contribution is -0.130. The van der Waals surface area contributed by atoms with Gasteiger partial charge in [-0.1, -0.05) is 0 Å². The number of nitrogen functional groups attached to an aromatic ring is 1. The SMILES string of the molecule is CC(=O)c1cc(NC(C)C(=O)N2CCCC2)ccc1N. The van der Waals surface area contributed by atoms with E-state index in [-0.39, 0.29) is 17.7 Å². The number of carbonyl (C=O) groups excluding carboxylic acids is 2. The van der Waals surface area contributed by atoms with Crippen molar-refractivity contribution in [2.45, 2.75) is 32.7 Å². The number of hydrogen-bond donors (Lipinski definition) is 2. The number of Topliss-reactive ketones (excluding diaryl/α,β-unsaturated/α-hetero) is 1. The van der Waals surface area contributed by atoms with Gasteiger partial charge in [0, 0.05) is 30.0 Å². The summed E-state index contributed by atoms with van der Waals surface area (Å²) in [4.78, 5) is 25.5. The van der Waals surface area contributed by atoms with Crippen molar-refractivity contribution in [3.63, 3.8) is 0 Å². The van der Waals surface area contributed by atoms with E-state index < -0.39 is 0 Å². The van der Waals surface area contributed by atoms with Gasteiger partial charge in [0.05, 0.1) is 0 Å². The number of likely N-dealkylation sites (tertiary alicyclic amines) is 1. The van der Waals surface area contributed by atoms with Crippen LogP contribution in [0.5, 0.6) is 0 Å². The summed E-state index contributed by atoms with van der Waals surface area (Å²) >= 11 is 0. The zero-order valence-electron chi connectivity index (χ0n) is 12.0. The number of amides is 1. The molecule has 1 heterocycles. The first-order valence-corrected chi connectivity index (χ1v) is 6.95. The van der Waals surface area contributed by atoms with Crippen LogP contribution in [-0.4, -0.2) is 35.7 Å². The van der Waals surface area contributed by atoms with Crippen LogP contribution in [0.15, 0.2) is 18.2 Å². The Morgan fingerprint density at radius 2 is 1.95 bits per heavy atom. The van der Waals surface area contributed by atoms with Gasteiger partial charge in [-0.3, -0.25) is 9.59 Å². The number of rotatable bonds is 4. The Morgan fingerprint density at radius 1 is 1.30 bits per heavy atom. The standard InChI is InChI=1S/C15H21N3O2/c1-10(15(20)18-7-3-4-8-18)17-12-5-6-14(16)13(9-12)11(2)19/h5-6,9-10,17H,3-4,7-8,16H2,1-2H3. The van der Waals surface area contributed by atoms with Gasteiger partial charge in [0.15, 0.2) is 5.78 Å². The lowest BCUT2D eigenvalue weighted by Gasteiger charge is -2.22. The van der Waals surface area contributed by atoms with E-state index in [0.717, 1.165) is 31.6 Å². The van der Waals surface area contributed by atoms with E-state index in [1.54, 1.807) is 18.2 Å². The van der Waals surface area contributed by atoms with Gasteiger partial charge in [-0.15, -0.1) is 0 Å². The van der Waals surface area contributed by atoms with Crippen molar-refractivity contribution >= 4 is 23.1 Å². The molecular formula is C15H21N3O2. The monoisotopic (exact) mass is 275 g/mol. The van der Waals surface area contributed by atoms with Crippen LogP contribution in [0.1, 0.15) is 37.0 Å². The number of benzene rings is 1. The van der Waals surface area contributed by atoms with Crippen molar-refractivity contribution in [1.82, 2.24) is 4.90 Å². The van der Waals surface area contributed by atoms with Crippen LogP contribution in [0, 0.1) is 0 Å². The van der Waals surface area contributed by atoms with Crippen LogP contribution >= 0.6 is 0 Å². The molecule has 1 amide bonds. The molecule has 3 N–H and O–H groups in total. The molecule has 1 fully saturated rings. The Labute approximate surface area is 119 Å². The topological polar surface area (TPSA) is 75.4 Å². The van der Waals surface area contributed by atoms with E-state index in [0.29, 0.717) is 11.3 Å². The molecule has 5 nitrogen and oxygen atoms in total. The van der Waals surface area contributed by atoms with Crippen molar-refractivity contribution in [2.24, 2.45) is 0 Å². The van der Waals surface area contributed by atoms with Crippen LogP contribution in [0.3, 0.4) is 0 Å². The third-order valence-corrected chi connectivity index (χ3v) is 3.60. The molecule has 0 saturated carbocycles. The normalized spacial score (nSPS) is 16.0. The molecule has 0 aromatic heterocycles. The van der Waals surface area contributed by atoms with Crippen molar-refractivity contribution in [3.8, 4) is 0 Å². The Morgan fingerprint density at radius 3 is 2.55 bits per heavy atom. The van der Waals surface area contributed by atoms with E-state index in [4.69, 9.17) is 5.73 Å². The van der Waals surface area contributed by atoms with Crippen LogP contribution in [0.4, 0.5) is 11.4 Å². The van der Waals surface area contributed by atoms with Crippen LogP contribution in [0.25, 0.3) is 0 Å². The summed E-state index contributed by atoms with van der Waals surface area (Å²) in [5, 5.41) is 3.14. The molecule has 0 spiro atoms. The Balaban J connectivity index is 2.07. The molecule has 0 radical (unpaired) electrons. The predicted octanol–water partition coefficient (Wildman–Crippen LogP) is 1.89. The quantitative estimate of drug-likeness (QED) is 0.650. The maximum absolute atomic E-state index is 12.2. The van der Waals surface area contributed by atoms with Gasteiger partial charge in [-0.2, -0.15) is 0 Å². The molecule has 0 bridgehead atoms. The van der Waals surface area contributed by atoms with Gasteiger partial charge in [0.1, 0.15) is 6.04 Å². The van der Waals surface area contributed by atoms with Crippen molar-refractivity contribution in [2.75, 3.05) is 24.1 Å². The van der Waals surface area contributed by atoms with Crippen molar-refractivity contribution in [1.29, 1.82) is 0 Å². The molecule has 1 saturated heterocycles. The van der Waals surface area contributed by atoms with E-state index >= 15 is 0 Å². The molecule has 20 heavy (non-hydrogen) atoms. The first-order valence-electron chi connectivity index (χ1n) is 6.95. The Bertz CT molecular complexity index is 522. The summed E-state index contributed by atoms with van der Waals surface area (Å²) in [5.74, 6) is 0.0216. The van der Waals surface area contributed by atoms with E-state index in [9.17, 15) is 9.59 Å². The summed E-state index contributed by atoms with van der Waals surface area (Å²) in [6.07, 6.45) is 2.16. The summed E-state index contributed by atoms with van der Waals surface area (Å²) in [6.45, 7) is 5.00. The molecular weight excluding hydrogens is 254 g/mol. The van der Waals surface area contributed by atoms with Gasteiger partial charge < -0.3 is 16.0 Å². The minimum atomic E-state index is -0.309. The van der Waals surface area contributed by atoms with Crippen molar-refractivity contribution in [3.05, 3.63) is 23.8 Å². The highest BCUT2D eigenvalue weighted by molar-refractivity contribution is 6.00. The van der Waals surface area contributed by atoms with Crippen molar-refractivity contribution < 1.29 is 9.59 Å². The molecule has 2 rings (SSSR count). The minimum Gasteiger partial charge on any atom is -0.398 e. The molecule has 1 atom stereocenters. The number of anilines is 2.